The Kier molecular flexibility index (Phi) is 5.68. The number of ether oxygens (including phenoxy) is 1. The summed E-state index contributed by atoms with van der Waals surface area (Å²) in [5.41, 5.74) is 1.84. The molecular weight excluding hydrogens is 304 g/mol. The number of methoxy groups -OCH3 is 1. The molecule has 116 valence electrons. The molecule has 1 amide bonds. The highest BCUT2D eigenvalue weighted by molar-refractivity contribution is 6.31. The van der Waals surface area contributed by atoms with Crippen molar-refractivity contribution in [2.24, 2.45) is 0 Å². The van der Waals surface area contributed by atoms with Crippen molar-refractivity contribution in [3.8, 4) is 0 Å². The van der Waals surface area contributed by atoms with E-state index in [9.17, 15) is 4.79 Å². The molecule has 0 aliphatic rings. The fourth-order valence-electron chi connectivity index (χ4n) is 1.70. The molecule has 2 N–H and O–H groups in total. The standard InChI is InChI=1S/C15H17ClN4O2/c1-10-3-4-11(9-12(10)16)19-14(21)13-5-6-17-15(20-13)18-7-8-22-2/h3-6,9H,7-8H2,1-2H3,(H,19,21)(H,17,18,20). The second kappa shape index (κ2) is 7.72. The van der Waals surface area contributed by atoms with Crippen LogP contribution in [0.5, 0.6) is 0 Å². The van der Waals surface area contributed by atoms with Crippen LogP contribution in [0, 0.1) is 6.92 Å². The van der Waals surface area contributed by atoms with Gasteiger partial charge in [-0.25, -0.2) is 9.97 Å². The zero-order valence-electron chi connectivity index (χ0n) is 12.4. The molecule has 0 aliphatic carbocycles. The zero-order valence-corrected chi connectivity index (χ0v) is 13.1. The number of aryl methyl sites for hydroxylation is 1. The van der Waals surface area contributed by atoms with Gasteiger partial charge in [0.05, 0.1) is 6.61 Å². The Morgan fingerprint density at radius 1 is 1.36 bits per heavy atom. The predicted molar refractivity (Wildman–Crippen MR) is 86.5 cm³/mol. The van der Waals surface area contributed by atoms with Crippen molar-refractivity contribution in [2.75, 3.05) is 30.9 Å². The van der Waals surface area contributed by atoms with Gasteiger partial charge in [-0.15, -0.1) is 0 Å². The highest BCUT2D eigenvalue weighted by Crippen LogP contribution is 2.20. The minimum Gasteiger partial charge on any atom is -0.383 e. The summed E-state index contributed by atoms with van der Waals surface area (Å²) < 4.78 is 4.93. The Bertz CT molecular complexity index is 664. The molecule has 0 aliphatic heterocycles. The van der Waals surface area contributed by atoms with Crippen molar-refractivity contribution in [1.82, 2.24) is 9.97 Å². The van der Waals surface area contributed by atoms with Crippen LogP contribution in [0.2, 0.25) is 5.02 Å². The van der Waals surface area contributed by atoms with Crippen LogP contribution in [0.1, 0.15) is 16.1 Å². The molecule has 1 aromatic heterocycles. The maximum absolute atomic E-state index is 12.2. The molecule has 0 radical (unpaired) electrons. The van der Waals surface area contributed by atoms with Crippen molar-refractivity contribution >= 4 is 29.1 Å². The lowest BCUT2D eigenvalue weighted by atomic mass is 10.2. The van der Waals surface area contributed by atoms with Gasteiger partial charge >= 0.3 is 0 Å². The van der Waals surface area contributed by atoms with Gasteiger partial charge in [-0.1, -0.05) is 17.7 Å². The lowest BCUT2D eigenvalue weighted by Gasteiger charge is -2.08. The van der Waals surface area contributed by atoms with E-state index in [2.05, 4.69) is 20.6 Å². The van der Waals surface area contributed by atoms with Gasteiger partial charge < -0.3 is 15.4 Å². The summed E-state index contributed by atoms with van der Waals surface area (Å²) in [6, 6.07) is 6.88. The third-order valence-corrected chi connectivity index (χ3v) is 3.31. The maximum Gasteiger partial charge on any atom is 0.274 e. The van der Waals surface area contributed by atoms with E-state index in [4.69, 9.17) is 16.3 Å². The molecule has 0 saturated heterocycles. The maximum atomic E-state index is 12.2. The van der Waals surface area contributed by atoms with Crippen molar-refractivity contribution in [2.45, 2.75) is 6.92 Å². The molecule has 0 atom stereocenters. The molecule has 7 heteroatoms. The van der Waals surface area contributed by atoms with Crippen LogP contribution < -0.4 is 10.6 Å². The third kappa shape index (κ3) is 4.41. The summed E-state index contributed by atoms with van der Waals surface area (Å²) >= 11 is 6.04. The summed E-state index contributed by atoms with van der Waals surface area (Å²) in [5, 5.41) is 6.33. The number of halogens is 1. The molecule has 0 saturated carbocycles. The van der Waals surface area contributed by atoms with E-state index in [1.54, 1.807) is 25.3 Å². The van der Waals surface area contributed by atoms with Gasteiger partial charge in [-0.3, -0.25) is 4.79 Å². The monoisotopic (exact) mass is 320 g/mol. The van der Waals surface area contributed by atoms with E-state index >= 15 is 0 Å². The first-order valence-electron chi connectivity index (χ1n) is 6.73. The van der Waals surface area contributed by atoms with E-state index in [0.29, 0.717) is 29.8 Å². The molecule has 22 heavy (non-hydrogen) atoms. The first-order chi connectivity index (χ1) is 10.6. The molecule has 0 unspecified atom stereocenters. The van der Waals surface area contributed by atoms with Crippen molar-refractivity contribution in [3.63, 3.8) is 0 Å². The molecule has 2 aromatic rings. The van der Waals surface area contributed by atoms with Gasteiger partial charge in [-0.2, -0.15) is 0 Å². The quantitative estimate of drug-likeness (QED) is 0.800. The number of amides is 1. The summed E-state index contributed by atoms with van der Waals surface area (Å²) in [6.07, 6.45) is 1.53. The number of nitrogens with zero attached hydrogens (tertiary/aromatic N) is 2. The number of hydrogen-bond acceptors (Lipinski definition) is 5. The molecular formula is C15H17ClN4O2. The van der Waals surface area contributed by atoms with E-state index in [1.165, 1.54) is 6.20 Å². The number of carbonyl (C=O) groups excluding carboxylic acids is 1. The molecule has 1 aromatic carbocycles. The number of hydrogen-bond donors (Lipinski definition) is 2. The minimum absolute atomic E-state index is 0.270. The Morgan fingerprint density at radius 3 is 2.91 bits per heavy atom. The van der Waals surface area contributed by atoms with E-state index < -0.39 is 0 Å². The largest absolute Gasteiger partial charge is 0.383 e. The molecule has 6 nitrogen and oxygen atoms in total. The lowest BCUT2D eigenvalue weighted by molar-refractivity contribution is 0.102. The zero-order chi connectivity index (χ0) is 15.9. The van der Waals surface area contributed by atoms with Crippen LogP contribution in [-0.4, -0.2) is 36.1 Å². The minimum atomic E-state index is -0.322. The number of carbonyl (C=O) groups is 1. The number of rotatable bonds is 6. The van der Waals surface area contributed by atoms with E-state index in [-0.39, 0.29) is 11.6 Å². The van der Waals surface area contributed by atoms with Crippen LogP contribution in [0.15, 0.2) is 30.5 Å². The van der Waals surface area contributed by atoms with Crippen LogP contribution in [0.4, 0.5) is 11.6 Å². The summed E-state index contributed by atoms with van der Waals surface area (Å²) in [7, 11) is 1.61. The lowest BCUT2D eigenvalue weighted by Crippen LogP contribution is -2.16. The fourth-order valence-corrected chi connectivity index (χ4v) is 1.88. The molecule has 0 spiro atoms. The second-order valence-electron chi connectivity index (χ2n) is 4.60. The van der Waals surface area contributed by atoms with Gasteiger partial charge in [0, 0.05) is 30.6 Å². The third-order valence-electron chi connectivity index (χ3n) is 2.91. The Hall–Kier alpha value is -2.18. The molecule has 0 fully saturated rings. The fraction of sp³-hybridized carbons (Fsp3) is 0.267. The number of aromatic nitrogens is 2. The summed E-state index contributed by atoms with van der Waals surface area (Å²) in [4.78, 5) is 20.4. The van der Waals surface area contributed by atoms with E-state index in [0.717, 1.165) is 5.56 Å². The summed E-state index contributed by atoms with van der Waals surface area (Å²) in [6.45, 7) is 2.99. The normalized spacial score (nSPS) is 10.3. The smallest absolute Gasteiger partial charge is 0.274 e. The van der Waals surface area contributed by atoms with Gasteiger partial charge in [0.25, 0.3) is 5.91 Å². The van der Waals surface area contributed by atoms with Crippen LogP contribution >= 0.6 is 11.6 Å². The Balaban J connectivity index is 2.05. The first-order valence-corrected chi connectivity index (χ1v) is 7.11. The summed E-state index contributed by atoms with van der Waals surface area (Å²) in [5.74, 6) is 0.0590. The highest BCUT2D eigenvalue weighted by Gasteiger charge is 2.10. The first kappa shape index (κ1) is 16.2. The second-order valence-corrected chi connectivity index (χ2v) is 5.01. The van der Waals surface area contributed by atoms with Crippen molar-refractivity contribution in [1.29, 1.82) is 0 Å². The molecule has 2 rings (SSSR count). The van der Waals surface area contributed by atoms with Gasteiger partial charge in [-0.05, 0) is 30.7 Å². The average molecular weight is 321 g/mol. The van der Waals surface area contributed by atoms with Crippen LogP contribution in [-0.2, 0) is 4.74 Å². The predicted octanol–water partition coefficient (Wildman–Crippen LogP) is 2.75. The number of anilines is 2. The molecule has 0 bridgehead atoms. The average Bonchev–Trinajstić information content (AvgIpc) is 2.51. The Morgan fingerprint density at radius 2 is 2.18 bits per heavy atom. The van der Waals surface area contributed by atoms with Gasteiger partial charge in [0.15, 0.2) is 0 Å². The Labute approximate surface area is 133 Å². The number of nitrogens with one attached hydrogen (secondary N) is 2. The van der Waals surface area contributed by atoms with Crippen LogP contribution in [0.25, 0.3) is 0 Å². The van der Waals surface area contributed by atoms with Gasteiger partial charge in [0.1, 0.15) is 5.69 Å². The topological polar surface area (TPSA) is 76.1 Å². The van der Waals surface area contributed by atoms with Crippen LogP contribution in [0.3, 0.4) is 0 Å². The van der Waals surface area contributed by atoms with Crippen molar-refractivity contribution < 1.29 is 9.53 Å². The molecule has 1 heterocycles. The number of benzene rings is 1. The van der Waals surface area contributed by atoms with E-state index in [1.807, 2.05) is 13.0 Å². The SMILES string of the molecule is COCCNc1nccc(C(=O)Nc2ccc(C)c(Cl)c2)n1. The van der Waals surface area contributed by atoms with Gasteiger partial charge in [0.2, 0.25) is 5.95 Å². The highest BCUT2D eigenvalue weighted by atomic mass is 35.5. The van der Waals surface area contributed by atoms with Crippen molar-refractivity contribution in [3.05, 3.63) is 46.7 Å².